The zero-order valence-electron chi connectivity index (χ0n) is 20.5. The molecule has 3 fully saturated rings. The highest BCUT2D eigenvalue weighted by Gasteiger charge is 2.78. The summed E-state index contributed by atoms with van der Waals surface area (Å²) in [6.45, 7) is 9.41. The summed E-state index contributed by atoms with van der Waals surface area (Å²) in [6.07, 6.45) is 1.06. The van der Waals surface area contributed by atoms with Crippen LogP contribution >= 0.6 is 0 Å². The summed E-state index contributed by atoms with van der Waals surface area (Å²) in [4.78, 5) is 42.1. The average Bonchev–Trinajstić information content (AvgIpc) is 3.35. The maximum atomic E-state index is 13.8. The van der Waals surface area contributed by atoms with E-state index in [4.69, 9.17) is 9.47 Å². The molecule has 9 heteroatoms. The Hall–Kier alpha value is -2.65. The van der Waals surface area contributed by atoms with Gasteiger partial charge in [-0.1, -0.05) is 0 Å². The fourth-order valence-corrected chi connectivity index (χ4v) is 6.01. The summed E-state index contributed by atoms with van der Waals surface area (Å²) in [6, 6.07) is 5.45. The lowest BCUT2D eigenvalue weighted by Gasteiger charge is -2.36. The van der Waals surface area contributed by atoms with Gasteiger partial charge in [0.15, 0.2) is 0 Å². The number of carbonyl (C=O) groups is 3. The maximum absolute atomic E-state index is 13.8. The molecule has 0 aliphatic carbocycles. The Kier molecular flexibility index (Phi) is 6.37. The minimum Gasteiger partial charge on any atom is -0.494 e. The van der Waals surface area contributed by atoms with Crippen LogP contribution in [0.25, 0.3) is 0 Å². The highest BCUT2D eigenvalue weighted by Crippen LogP contribution is 2.63. The minimum absolute atomic E-state index is 0.128. The molecule has 4 rings (SSSR count). The molecule has 0 aromatic heterocycles. The Morgan fingerprint density at radius 2 is 1.88 bits per heavy atom. The van der Waals surface area contributed by atoms with Crippen LogP contribution in [0.2, 0.25) is 0 Å². The molecule has 3 saturated heterocycles. The van der Waals surface area contributed by atoms with E-state index in [1.54, 1.807) is 31.2 Å². The number of hydrogen-bond acceptors (Lipinski definition) is 6. The monoisotopic (exact) mass is 473 g/mol. The van der Waals surface area contributed by atoms with Crippen LogP contribution < -0.4 is 15.4 Å². The maximum Gasteiger partial charge on any atom is 0.246 e. The van der Waals surface area contributed by atoms with Crippen LogP contribution in [0.4, 0.5) is 5.69 Å². The van der Waals surface area contributed by atoms with Crippen LogP contribution in [0.3, 0.4) is 0 Å². The van der Waals surface area contributed by atoms with Gasteiger partial charge >= 0.3 is 0 Å². The predicted molar refractivity (Wildman–Crippen MR) is 125 cm³/mol. The van der Waals surface area contributed by atoms with Gasteiger partial charge in [0.05, 0.1) is 36.7 Å². The molecule has 1 aromatic carbocycles. The third kappa shape index (κ3) is 3.75. The summed E-state index contributed by atoms with van der Waals surface area (Å²) in [7, 11) is 0. The number of ether oxygens (including phenoxy) is 2. The van der Waals surface area contributed by atoms with Crippen molar-refractivity contribution < 1.29 is 29.0 Å². The van der Waals surface area contributed by atoms with Crippen molar-refractivity contribution >= 4 is 23.4 Å². The summed E-state index contributed by atoms with van der Waals surface area (Å²) in [5, 5.41) is 15.7. The predicted octanol–water partition coefficient (Wildman–Crippen LogP) is 1.69. The zero-order chi connectivity index (χ0) is 24.8. The highest BCUT2D eigenvalue weighted by molar-refractivity contribution is 6.02. The summed E-state index contributed by atoms with van der Waals surface area (Å²) in [5.41, 5.74) is -1.37. The van der Waals surface area contributed by atoms with Crippen molar-refractivity contribution in [3.8, 4) is 5.75 Å². The summed E-state index contributed by atoms with van der Waals surface area (Å²) in [5.74, 6) is -1.80. The van der Waals surface area contributed by atoms with E-state index in [2.05, 4.69) is 10.6 Å². The first-order chi connectivity index (χ1) is 16.1. The number of benzene rings is 1. The SMILES string of the molecule is CCOc1ccc(NC(=O)[C@H]2[C@H]3C(=O)N([C@H](C)CO)C(C(=O)NC(C)C)C34CC[C@]2(C)O4)cc1. The number of hydrogen-bond donors (Lipinski definition) is 3. The summed E-state index contributed by atoms with van der Waals surface area (Å²) < 4.78 is 12.0. The van der Waals surface area contributed by atoms with E-state index in [1.165, 1.54) is 4.90 Å². The van der Waals surface area contributed by atoms with Gasteiger partial charge in [-0.3, -0.25) is 14.4 Å². The molecular formula is C25H35N3O6. The molecule has 3 heterocycles. The van der Waals surface area contributed by atoms with Crippen LogP contribution in [0, 0.1) is 11.8 Å². The van der Waals surface area contributed by atoms with Crippen molar-refractivity contribution in [2.75, 3.05) is 18.5 Å². The number of aliphatic hydroxyl groups excluding tert-OH is 1. The Labute approximate surface area is 200 Å². The van der Waals surface area contributed by atoms with Gasteiger partial charge in [-0.25, -0.2) is 0 Å². The van der Waals surface area contributed by atoms with Gasteiger partial charge in [0.1, 0.15) is 17.4 Å². The number of anilines is 1. The molecule has 3 amide bonds. The quantitative estimate of drug-likeness (QED) is 0.529. The molecule has 3 aliphatic heterocycles. The Balaban J connectivity index is 1.67. The first kappa shape index (κ1) is 24.5. The van der Waals surface area contributed by atoms with Crippen molar-refractivity contribution in [2.24, 2.45) is 11.8 Å². The normalized spacial score (nSPS) is 32.6. The molecule has 2 bridgehead atoms. The number of nitrogens with zero attached hydrogens (tertiary/aromatic N) is 1. The van der Waals surface area contributed by atoms with E-state index in [1.807, 2.05) is 27.7 Å². The molecule has 1 aromatic rings. The molecule has 6 atom stereocenters. The second-order valence-electron chi connectivity index (χ2n) is 10.1. The number of carbonyl (C=O) groups excluding carboxylic acids is 3. The number of likely N-dealkylation sites (tertiary alicyclic amines) is 1. The van der Waals surface area contributed by atoms with E-state index in [-0.39, 0.29) is 30.4 Å². The van der Waals surface area contributed by atoms with E-state index in [0.29, 0.717) is 30.9 Å². The van der Waals surface area contributed by atoms with E-state index in [0.717, 1.165) is 0 Å². The van der Waals surface area contributed by atoms with Gasteiger partial charge in [0, 0.05) is 11.7 Å². The second kappa shape index (κ2) is 8.85. The van der Waals surface area contributed by atoms with Gasteiger partial charge in [0.25, 0.3) is 0 Å². The van der Waals surface area contributed by atoms with Gasteiger partial charge < -0.3 is 30.1 Å². The third-order valence-electron chi connectivity index (χ3n) is 7.35. The zero-order valence-corrected chi connectivity index (χ0v) is 20.5. The largest absolute Gasteiger partial charge is 0.494 e. The molecule has 0 saturated carbocycles. The first-order valence-electron chi connectivity index (χ1n) is 12.0. The van der Waals surface area contributed by atoms with Gasteiger partial charge in [0.2, 0.25) is 17.7 Å². The molecule has 34 heavy (non-hydrogen) atoms. The molecule has 186 valence electrons. The van der Waals surface area contributed by atoms with E-state index >= 15 is 0 Å². The lowest BCUT2D eigenvalue weighted by Crippen LogP contribution is -2.58. The van der Waals surface area contributed by atoms with Gasteiger partial charge in [-0.15, -0.1) is 0 Å². The van der Waals surface area contributed by atoms with Crippen LogP contribution in [-0.4, -0.2) is 70.3 Å². The number of aliphatic hydroxyl groups is 1. The number of amides is 3. The molecule has 3 aliphatic rings. The van der Waals surface area contributed by atoms with Crippen molar-refractivity contribution in [2.45, 2.75) is 76.8 Å². The van der Waals surface area contributed by atoms with Crippen molar-refractivity contribution in [1.29, 1.82) is 0 Å². The molecule has 9 nitrogen and oxygen atoms in total. The summed E-state index contributed by atoms with van der Waals surface area (Å²) >= 11 is 0. The van der Waals surface area contributed by atoms with Crippen molar-refractivity contribution in [3.05, 3.63) is 24.3 Å². The number of rotatable bonds is 8. The van der Waals surface area contributed by atoms with Crippen LogP contribution in [-0.2, 0) is 19.1 Å². The van der Waals surface area contributed by atoms with Crippen molar-refractivity contribution in [3.63, 3.8) is 0 Å². The molecular weight excluding hydrogens is 438 g/mol. The number of fused-ring (bicyclic) bond motifs is 1. The number of nitrogens with one attached hydrogen (secondary N) is 2. The lowest BCUT2D eigenvalue weighted by molar-refractivity contribution is -0.148. The standard InChI is InChI=1S/C25H35N3O6/c1-6-33-17-9-7-16(8-10-17)27-21(30)18-19-23(32)28(15(4)13-29)20(22(31)26-14(2)3)25(19)12-11-24(18,5)34-25/h7-10,14-15,18-20,29H,6,11-13H2,1-5H3,(H,26,31)(H,27,30)/t15-,18-,19+,20?,24+,25?/m1/s1. The third-order valence-corrected chi connectivity index (χ3v) is 7.35. The first-order valence-corrected chi connectivity index (χ1v) is 12.0. The lowest BCUT2D eigenvalue weighted by atomic mass is 9.66. The minimum atomic E-state index is -1.10. The fraction of sp³-hybridized carbons (Fsp3) is 0.640. The second-order valence-corrected chi connectivity index (χ2v) is 10.1. The molecule has 2 unspecified atom stereocenters. The molecule has 3 N–H and O–H groups in total. The van der Waals surface area contributed by atoms with Crippen LogP contribution in [0.5, 0.6) is 5.75 Å². The molecule has 0 radical (unpaired) electrons. The van der Waals surface area contributed by atoms with Crippen LogP contribution in [0.1, 0.15) is 47.5 Å². The van der Waals surface area contributed by atoms with Gasteiger partial charge in [-0.2, -0.15) is 0 Å². The van der Waals surface area contributed by atoms with Crippen LogP contribution in [0.15, 0.2) is 24.3 Å². The Bertz CT molecular complexity index is 966. The Morgan fingerprint density at radius 1 is 1.21 bits per heavy atom. The van der Waals surface area contributed by atoms with Crippen molar-refractivity contribution in [1.82, 2.24) is 10.2 Å². The van der Waals surface area contributed by atoms with Gasteiger partial charge in [-0.05, 0) is 71.7 Å². The Morgan fingerprint density at radius 3 is 2.47 bits per heavy atom. The smallest absolute Gasteiger partial charge is 0.246 e. The molecule has 1 spiro atoms. The highest BCUT2D eigenvalue weighted by atomic mass is 16.5. The average molecular weight is 474 g/mol. The van der Waals surface area contributed by atoms with E-state index < -0.39 is 35.1 Å². The van der Waals surface area contributed by atoms with E-state index in [9.17, 15) is 19.5 Å². The topological polar surface area (TPSA) is 117 Å². The fourth-order valence-electron chi connectivity index (χ4n) is 6.01.